The molecule has 1 saturated heterocycles. The minimum absolute atomic E-state index is 0.0305. The fourth-order valence-electron chi connectivity index (χ4n) is 2.00. The van der Waals surface area contributed by atoms with Crippen molar-refractivity contribution in [3.8, 4) is 0 Å². The Morgan fingerprint density at radius 1 is 1.46 bits per heavy atom. The van der Waals surface area contributed by atoms with Crippen LogP contribution in [0.15, 0.2) is 29.4 Å². The molecule has 5 N–H and O–H groups in total. The van der Waals surface area contributed by atoms with Crippen LogP contribution in [0.1, 0.15) is 17.5 Å². The van der Waals surface area contributed by atoms with Crippen molar-refractivity contribution >= 4 is 18.1 Å². The summed E-state index contributed by atoms with van der Waals surface area (Å²) < 4.78 is 31.7. The lowest BCUT2D eigenvalue weighted by molar-refractivity contribution is -0.192. The summed E-state index contributed by atoms with van der Waals surface area (Å²) >= 11 is 0. The molecular weight excluding hydrogens is 329 g/mol. The van der Waals surface area contributed by atoms with Gasteiger partial charge in [0.25, 0.3) is 0 Å². The van der Waals surface area contributed by atoms with Gasteiger partial charge in [0.05, 0.1) is 12.3 Å². The number of carbonyl (C=O) groups excluding carboxylic acids is 1. The van der Waals surface area contributed by atoms with Gasteiger partial charge in [0.1, 0.15) is 0 Å². The number of alkyl halides is 3. The van der Waals surface area contributed by atoms with Gasteiger partial charge in [0.15, 0.2) is 0 Å². The number of hydrogen-bond donors (Lipinski definition) is 3. The van der Waals surface area contributed by atoms with E-state index in [0.29, 0.717) is 6.54 Å². The number of halogens is 3. The zero-order valence-corrected chi connectivity index (χ0v) is 12.5. The molecular formula is C14H17F3N4O3. The highest BCUT2D eigenvalue weighted by atomic mass is 19.4. The van der Waals surface area contributed by atoms with Crippen LogP contribution < -0.4 is 11.6 Å². The molecule has 1 unspecified atom stereocenters. The summed E-state index contributed by atoms with van der Waals surface area (Å²) in [4.78, 5) is 22.4. The number of aliphatic carboxylic acids is 1. The lowest BCUT2D eigenvalue weighted by Gasteiger charge is -2.16. The molecule has 0 spiro atoms. The number of amides is 1. The summed E-state index contributed by atoms with van der Waals surface area (Å²) in [6, 6.07) is 7.45. The fourth-order valence-corrected chi connectivity index (χ4v) is 2.00. The highest BCUT2D eigenvalue weighted by molar-refractivity contribution is 5.84. The van der Waals surface area contributed by atoms with E-state index in [1.165, 1.54) is 0 Å². The highest BCUT2D eigenvalue weighted by Gasteiger charge is 2.38. The normalized spacial score (nSPS) is 17.8. The molecule has 1 aromatic rings. The zero-order chi connectivity index (χ0) is 18.3. The molecule has 1 fully saturated rings. The van der Waals surface area contributed by atoms with Gasteiger partial charge in [0, 0.05) is 13.1 Å². The maximum atomic E-state index is 11.7. The average Bonchev–Trinajstić information content (AvgIpc) is 2.80. The van der Waals surface area contributed by atoms with Crippen LogP contribution in [0.4, 0.5) is 13.2 Å². The highest BCUT2D eigenvalue weighted by Crippen LogP contribution is 2.14. The summed E-state index contributed by atoms with van der Waals surface area (Å²) in [6.45, 7) is 1.33. The Balaban J connectivity index is 0.000000351. The van der Waals surface area contributed by atoms with Crippen LogP contribution in [0.25, 0.3) is 0 Å². The molecule has 1 aliphatic rings. The first kappa shape index (κ1) is 19.4. The fraction of sp³-hybridized carbons (Fsp3) is 0.357. The van der Waals surface area contributed by atoms with Gasteiger partial charge >= 0.3 is 12.1 Å². The molecule has 7 nitrogen and oxygen atoms in total. The third kappa shape index (κ3) is 5.88. The number of benzene rings is 1. The van der Waals surface area contributed by atoms with Gasteiger partial charge in [-0.2, -0.15) is 18.3 Å². The molecule has 0 bridgehead atoms. The topological polar surface area (TPSA) is 122 Å². The lowest BCUT2D eigenvalue weighted by Crippen LogP contribution is -2.33. The smallest absolute Gasteiger partial charge is 0.475 e. The molecule has 24 heavy (non-hydrogen) atoms. The molecule has 1 aliphatic heterocycles. The second-order valence-electron chi connectivity index (χ2n) is 4.98. The maximum absolute atomic E-state index is 11.7. The predicted molar refractivity (Wildman–Crippen MR) is 79.9 cm³/mol. The quantitative estimate of drug-likeness (QED) is 0.422. The molecule has 1 amide bonds. The van der Waals surface area contributed by atoms with Crippen LogP contribution in [-0.2, 0) is 16.1 Å². The molecule has 1 atom stereocenters. The van der Waals surface area contributed by atoms with E-state index in [4.69, 9.17) is 21.5 Å². The van der Waals surface area contributed by atoms with Gasteiger partial charge in [-0.1, -0.05) is 18.2 Å². The number of carbonyl (C=O) groups is 2. The molecule has 0 aromatic heterocycles. The van der Waals surface area contributed by atoms with Crippen molar-refractivity contribution in [2.45, 2.75) is 25.2 Å². The number of hydrazone groups is 1. The molecule has 2 rings (SSSR count). The minimum atomic E-state index is -5.08. The largest absolute Gasteiger partial charge is 0.490 e. The molecule has 132 valence electrons. The SMILES string of the molecule is NN=Cc1cccc(CN2CCC(N)C2=O)c1.O=C(O)C(F)(F)F. The minimum Gasteiger partial charge on any atom is -0.475 e. The molecule has 1 heterocycles. The Morgan fingerprint density at radius 3 is 2.54 bits per heavy atom. The summed E-state index contributed by atoms with van der Waals surface area (Å²) in [5.41, 5.74) is 7.66. The number of nitrogens with zero attached hydrogens (tertiary/aromatic N) is 2. The van der Waals surface area contributed by atoms with Crippen LogP contribution in [0.3, 0.4) is 0 Å². The molecule has 10 heteroatoms. The summed E-state index contributed by atoms with van der Waals surface area (Å²) in [7, 11) is 0. The second kappa shape index (κ2) is 8.29. The van der Waals surface area contributed by atoms with E-state index in [1.54, 1.807) is 11.1 Å². The predicted octanol–water partition coefficient (Wildman–Crippen LogP) is 0.672. The van der Waals surface area contributed by atoms with Gasteiger partial charge < -0.3 is 21.6 Å². The van der Waals surface area contributed by atoms with Crippen molar-refractivity contribution in [3.63, 3.8) is 0 Å². The van der Waals surface area contributed by atoms with Crippen molar-refractivity contribution in [2.24, 2.45) is 16.7 Å². The third-order valence-corrected chi connectivity index (χ3v) is 3.13. The number of hydrogen-bond acceptors (Lipinski definition) is 5. The van der Waals surface area contributed by atoms with Crippen LogP contribution in [0, 0.1) is 0 Å². The first-order valence-corrected chi connectivity index (χ1v) is 6.82. The van der Waals surface area contributed by atoms with Crippen molar-refractivity contribution in [2.75, 3.05) is 6.54 Å². The number of nitrogens with two attached hydrogens (primary N) is 2. The van der Waals surface area contributed by atoms with E-state index >= 15 is 0 Å². The molecule has 0 saturated carbocycles. The van der Waals surface area contributed by atoms with Crippen molar-refractivity contribution in [1.82, 2.24) is 4.90 Å². The summed E-state index contributed by atoms with van der Waals surface area (Å²) in [5, 5.41) is 10.6. The van der Waals surface area contributed by atoms with Crippen molar-refractivity contribution in [3.05, 3.63) is 35.4 Å². The molecule has 1 aromatic carbocycles. The maximum Gasteiger partial charge on any atom is 0.490 e. The van der Waals surface area contributed by atoms with Gasteiger partial charge in [-0.3, -0.25) is 4.79 Å². The van der Waals surface area contributed by atoms with Crippen LogP contribution in [0.2, 0.25) is 0 Å². The Hall–Kier alpha value is -2.62. The first-order valence-electron chi connectivity index (χ1n) is 6.82. The van der Waals surface area contributed by atoms with E-state index in [1.807, 2.05) is 24.3 Å². The Labute approximate surface area is 135 Å². The van der Waals surface area contributed by atoms with Crippen LogP contribution >= 0.6 is 0 Å². The van der Waals surface area contributed by atoms with E-state index < -0.39 is 12.1 Å². The summed E-state index contributed by atoms with van der Waals surface area (Å²) in [6.07, 6.45) is -2.76. The van der Waals surface area contributed by atoms with E-state index in [-0.39, 0.29) is 11.9 Å². The Morgan fingerprint density at radius 2 is 2.08 bits per heavy atom. The van der Waals surface area contributed by atoms with Gasteiger partial charge in [0.2, 0.25) is 5.91 Å². The van der Waals surface area contributed by atoms with Crippen LogP contribution in [0.5, 0.6) is 0 Å². The standard InChI is InChI=1S/C12H16N4O.C2HF3O2/c13-11-4-5-16(12(11)17)8-10-3-1-2-9(6-10)7-15-14;3-2(4,5)1(6)7/h1-3,6-7,11H,4-5,8,13-14H2;(H,6,7). The van der Waals surface area contributed by atoms with E-state index in [2.05, 4.69) is 5.10 Å². The van der Waals surface area contributed by atoms with Gasteiger partial charge in [-0.05, 0) is 23.6 Å². The third-order valence-electron chi connectivity index (χ3n) is 3.13. The van der Waals surface area contributed by atoms with E-state index in [9.17, 15) is 18.0 Å². The van der Waals surface area contributed by atoms with E-state index in [0.717, 1.165) is 24.1 Å². The number of carboxylic acids is 1. The van der Waals surface area contributed by atoms with Crippen LogP contribution in [-0.4, -0.2) is 46.9 Å². The monoisotopic (exact) mass is 346 g/mol. The zero-order valence-electron chi connectivity index (χ0n) is 12.5. The average molecular weight is 346 g/mol. The number of likely N-dealkylation sites (tertiary alicyclic amines) is 1. The van der Waals surface area contributed by atoms with Crippen molar-refractivity contribution < 1.29 is 27.9 Å². The molecule has 0 aliphatic carbocycles. The van der Waals surface area contributed by atoms with Crippen molar-refractivity contribution in [1.29, 1.82) is 0 Å². The Kier molecular flexibility index (Phi) is 6.71. The number of carboxylic acid groups (broad SMARTS) is 1. The Bertz CT molecular complexity index is 620. The lowest BCUT2D eigenvalue weighted by atomic mass is 10.1. The van der Waals surface area contributed by atoms with Gasteiger partial charge in [-0.25, -0.2) is 4.79 Å². The van der Waals surface area contributed by atoms with Gasteiger partial charge in [-0.15, -0.1) is 0 Å². The number of rotatable bonds is 3. The summed E-state index contributed by atoms with van der Waals surface area (Å²) in [5.74, 6) is 2.38. The second-order valence-corrected chi connectivity index (χ2v) is 4.98. The first-order chi connectivity index (χ1) is 11.1. The molecule has 0 radical (unpaired) electrons.